The highest BCUT2D eigenvalue weighted by molar-refractivity contribution is 7.81. The van der Waals surface area contributed by atoms with Crippen LogP contribution >= 0.6 is 12.6 Å². The summed E-state index contributed by atoms with van der Waals surface area (Å²) in [7, 11) is 0. The molecule has 0 rings (SSSR count). The zero-order valence-corrected chi connectivity index (χ0v) is 5.65. The molecule has 2 amide bonds. The zero-order chi connectivity index (χ0) is 7.28. The van der Waals surface area contributed by atoms with Crippen LogP contribution in [0.4, 0.5) is 0 Å². The third kappa shape index (κ3) is 5.16. The number of nitrogens with two attached hydrogens (primary N) is 1. The van der Waals surface area contributed by atoms with E-state index in [2.05, 4.69) is 17.9 Å². The van der Waals surface area contributed by atoms with Gasteiger partial charge in [0, 0.05) is 0 Å². The smallest absolute Gasteiger partial charge is 0.236 e. The minimum atomic E-state index is -0.551. The molecule has 52 valence electrons. The van der Waals surface area contributed by atoms with Gasteiger partial charge in [-0.05, 0) is 0 Å². The largest absolute Gasteiger partial charge is 0.368 e. The maximum Gasteiger partial charge on any atom is 0.236 e. The molecule has 0 aliphatic carbocycles. The van der Waals surface area contributed by atoms with Crippen LogP contribution in [-0.2, 0) is 9.59 Å². The highest BCUT2D eigenvalue weighted by Crippen LogP contribution is 1.70. The van der Waals surface area contributed by atoms with Crippen LogP contribution in [0.1, 0.15) is 0 Å². The predicted octanol–water partition coefficient (Wildman–Crippen LogP) is -1.48. The van der Waals surface area contributed by atoms with Gasteiger partial charge in [0.15, 0.2) is 0 Å². The highest BCUT2D eigenvalue weighted by atomic mass is 32.1. The number of rotatable bonds is 3. The second-order valence-corrected chi connectivity index (χ2v) is 1.72. The van der Waals surface area contributed by atoms with Crippen molar-refractivity contribution in [2.24, 2.45) is 5.73 Å². The number of primary amides is 1. The second-order valence-electron chi connectivity index (χ2n) is 1.40. The Bertz CT molecular complexity index is 126. The van der Waals surface area contributed by atoms with Crippen molar-refractivity contribution in [2.45, 2.75) is 0 Å². The van der Waals surface area contributed by atoms with Crippen LogP contribution < -0.4 is 11.1 Å². The van der Waals surface area contributed by atoms with E-state index in [1.54, 1.807) is 0 Å². The Hall–Kier alpha value is -0.710. The molecule has 0 aliphatic heterocycles. The quantitative estimate of drug-likeness (QED) is 0.427. The summed E-state index contributed by atoms with van der Waals surface area (Å²) < 4.78 is 0. The van der Waals surface area contributed by atoms with E-state index < -0.39 is 5.91 Å². The third-order valence-corrected chi connectivity index (χ3v) is 0.891. The summed E-state index contributed by atoms with van der Waals surface area (Å²) in [6, 6.07) is 0. The molecule has 4 nitrogen and oxygen atoms in total. The molecular formula is C4H8N2O2S. The van der Waals surface area contributed by atoms with Crippen molar-refractivity contribution in [3.05, 3.63) is 0 Å². The fraction of sp³-hybridized carbons (Fsp3) is 0.500. The van der Waals surface area contributed by atoms with Crippen molar-refractivity contribution in [3.8, 4) is 0 Å². The van der Waals surface area contributed by atoms with E-state index in [-0.39, 0.29) is 18.2 Å². The monoisotopic (exact) mass is 148 g/mol. The Balaban J connectivity index is 3.28. The number of carbonyl (C=O) groups is 2. The predicted molar refractivity (Wildman–Crippen MR) is 36.1 cm³/mol. The average molecular weight is 148 g/mol. The van der Waals surface area contributed by atoms with Crippen LogP contribution in [0.3, 0.4) is 0 Å². The SMILES string of the molecule is NC(=O)CNC(=O)CS. The summed E-state index contributed by atoms with van der Waals surface area (Å²) in [6.45, 7) is -0.112. The van der Waals surface area contributed by atoms with E-state index in [9.17, 15) is 9.59 Å². The molecule has 0 fully saturated rings. The van der Waals surface area contributed by atoms with Gasteiger partial charge in [-0.15, -0.1) is 0 Å². The molecule has 0 aliphatic rings. The van der Waals surface area contributed by atoms with Gasteiger partial charge < -0.3 is 11.1 Å². The van der Waals surface area contributed by atoms with Crippen molar-refractivity contribution in [3.63, 3.8) is 0 Å². The number of hydrogen-bond donors (Lipinski definition) is 3. The molecular weight excluding hydrogens is 140 g/mol. The number of hydrogen-bond acceptors (Lipinski definition) is 3. The van der Waals surface area contributed by atoms with E-state index in [0.29, 0.717) is 0 Å². The van der Waals surface area contributed by atoms with Gasteiger partial charge in [-0.1, -0.05) is 0 Å². The van der Waals surface area contributed by atoms with Crippen LogP contribution in [0, 0.1) is 0 Å². The van der Waals surface area contributed by atoms with Crippen molar-refractivity contribution < 1.29 is 9.59 Å². The van der Waals surface area contributed by atoms with E-state index in [1.807, 2.05) is 0 Å². The van der Waals surface area contributed by atoms with Crippen LogP contribution in [0.2, 0.25) is 0 Å². The summed E-state index contributed by atoms with van der Waals surface area (Å²) >= 11 is 3.65. The standard InChI is InChI=1S/C4H8N2O2S/c5-3(7)1-6-4(8)2-9/h9H,1-2H2,(H2,5,7)(H,6,8). The molecule has 0 saturated carbocycles. The lowest BCUT2D eigenvalue weighted by Gasteiger charge is -1.96. The first-order valence-corrected chi connectivity index (χ1v) is 2.96. The third-order valence-electron chi connectivity index (χ3n) is 0.603. The van der Waals surface area contributed by atoms with Gasteiger partial charge in [0.2, 0.25) is 11.8 Å². The zero-order valence-electron chi connectivity index (χ0n) is 4.76. The van der Waals surface area contributed by atoms with Crippen LogP contribution in [0.25, 0.3) is 0 Å². The lowest BCUT2D eigenvalue weighted by Crippen LogP contribution is -2.33. The fourth-order valence-corrected chi connectivity index (χ4v) is 0.353. The molecule has 0 heterocycles. The van der Waals surface area contributed by atoms with Crippen LogP contribution in [0.5, 0.6) is 0 Å². The molecule has 0 atom stereocenters. The van der Waals surface area contributed by atoms with Crippen molar-refractivity contribution >= 4 is 24.4 Å². The van der Waals surface area contributed by atoms with Crippen LogP contribution in [-0.4, -0.2) is 24.1 Å². The molecule has 5 heteroatoms. The first kappa shape index (κ1) is 8.29. The Kier molecular flexibility index (Phi) is 3.87. The molecule has 0 bridgehead atoms. The Morgan fingerprint density at radius 1 is 1.56 bits per heavy atom. The molecule has 0 aromatic heterocycles. The lowest BCUT2D eigenvalue weighted by molar-refractivity contribution is -0.123. The first-order valence-electron chi connectivity index (χ1n) is 2.32. The van der Waals surface area contributed by atoms with E-state index in [0.717, 1.165) is 0 Å². The van der Waals surface area contributed by atoms with Gasteiger partial charge in [0.25, 0.3) is 0 Å². The normalized spacial score (nSPS) is 8.56. The minimum Gasteiger partial charge on any atom is -0.368 e. The van der Waals surface area contributed by atoms with Gasteiger partial charge in [0.05, 0.1) is 12.3 Å². The van der Waals surface area contributed by atoms with Gasteiger partial charge in [-0.3, -0.25) is 9.59 Å². The summed E-state index contributed by atoms with van der Waals surface area (Å²) in [6.07, 6.45) is 0. The van der Waals surface area contributed by atoms with Crippen molar-refractivity contribution in [1.29, 1.82) is 0 Å². The molecule has 3 N–H and O–H groups in total. The molecule has 9 heavy (non-hydrogen) atoms. The first-order chi connectivity index (χ1) is 4.16. The van der Waals surface area contributed by atoms with Gasteiger partial charge in [-0.25, -0.2) is 0 Å². The van der Waals surface area contributed by atoms with Gasteiger partial charge in [-0.2, -0.15) is 12.6 Å². The highest BCUT2D eigenvalue weighted by Gasteiger charge is 1.97. The summed E-state index contributed by atoms with van der Waals surface area (Å²) in [5.74, 6) is -0.768. The van der Waals surface area contributed by atoms with E-state index >= 15 is 0 Å². The molecule has 0 spiro atoms. The fourth-order valence-electron chi connectivity index (χ4n) is 0.242. The number of nitrogens with one attached hydrogen (secondary N) is 1. The molecule has 0 aromatic carbocycles. The second kappa shape index (κ2) is 4.20. The molecule has 0 radical (unpaired) electrons. The maximum absolute atomic E-state index is 10.3. The lowest BCUT2D eigenvalue weighted by atomic mass is 10.6. The number of amides is 2. The minimum absolute atomic E-state index is 0.0767. The van der Waals surface area contributed by atoms with Gasteiger partial charge >= 0.3 is 0 Å². The Morgan fingerprint density at radius 3 is 2.44 bits per heavy atom. The molecule has 0 saturated heterocycles. The van der Waals surface area contributed by atoms with Crippen molar-refractivity contribution in [2.75, 3.05) is 12.3 Å². The van der Waals surface area contributed by atoms with Crippen molar-refractivity contribution in [1.82, 2.24) is 5.32 Å². The summed E-state index contributed by atoms with van der Waals surface area (Å²) in [4.78, 5) is 20.3. The molecule has 0 unspecified atom stereocenters. The molecule has 0 aromatic rings. The number of thiol groups is 1. The Labute approximate surface area is 58.2 Å². The maximum atomic E-state index is 10.3. The Morgan fingerprint density at radius 2 is 2.11 bits per heavy atom. The topological polar surface area (TPSA) is 72.2 Å². The van der Waals surface area contributed by atoms with E-state index in [4.69, 9.17) is 5.73 Å². The van der Waals surface area contributed by atoms with E-state index in [1.165, 1.54) is 0 Å². The summed E-state index contributed by atoms with van der Waals surface area (Å²) in [5.41, 5.74) is 4.72. The van der Waals surface area contributed by atoms with Crippen LogP contribution in [0.15, 0.2) is 0 Å². The van der Waals surface area contributed by atoms with Gasteiger partial charge in [0.1, 0.15) is 0 Å². The number of carbonyl (C=O) groups excluding carboxylic acids is 2. The average Bonchev–Trinajstić information content (AvgIpc) is 1.83. The summed E-state index contributed by atoms with van der Waals surface area (Å²) in [5, 5.41) is 2.24.